The summed E-state index contributed by atoms with van der Waals surface area (Å²) in [7, 11) is 0. The first-order valence-corrected chi connectivity index (χ1v) is 3.01. The topological polar surface area (TPSA) is 86.2 Å². The van der Waals surface area contributed by atoms with Crippen LogP contribution in [0.15, 0.2) is 0 Å². The predicted molar refractivity (Wildman–Crippen MR) is 0.686 cm³/mol. The smallest absolute Gasteiger partial charge is 3.00 e. The van der Waals surface area contributed by atoms with Crippen molar-refractivity contribution in [3.05, 3.63) is 0 Å². The van der Waals surface area contributed by atoms with Crippen LogP contribution in [0.25, 0.3) is 0 Å². The number of rotatable bonds is 0. The van der Waals surface area contributed by atoms with Gasteiger partial charge in [-0.15, -0.1) is 0 Å². The SMILES string of the molecule is [O]=[V]([O-])([O-])[O-].[Sm+3]. The molecule has 0 aliphatic heterocycles. The summed E-state index contributed by atoms with van der Waals surface area (Å²) in [4.78, 5) is 0. The van der Waals surface area contributed by atoms with E-state index in [-0.39, 0.29) is 40.4 Å². The van der Waals surface area contributed by atoms with Gasteiger partial charge in [-0.1, -0.05) is 0 Å². The van der Waals surface area contributed by atoms with E-state index >= 15 is 0 Å². The van der Waals surface area contributed by atoms with Crippen LogP contribution in [0.1, 0.15) is 0 Å². The Bertz CT molecular complexity index is 53.7. The second-order valence-corrected chi connectivity index (χ2v) is 1.84. The average Bonchev–Trinajstić information content (AvgIpc) is 0.722. The van der Waals surface area contributed by atoms with E-state index in [4.69, 9.17) is 15.8 Å². The van der Waals surface area contributed by atoms with Gasteiger partial charge in [0.1, 0.15) is 0 Å². The number of hydrogen-bond donors (Lipinski definition) is 0. The molecule has 0 spiro atoms. The zero-order valence-electron chi connectivity index (χ0n) is 2.49. The Hall–Kier alpha value is 1.60. The summed E-state index contributed by atoms with van der Waals surface area (Å²) in [5.74, 6) is 0. The zero-order chi connectivity index (χ0) is 4.50. The summed E-state index contributed by atoms with van der Waals surface area (Å²) in [6, 6.07) is 0. The Balaban J connectivity index is 0. The van der Waals surface area contributed by atoms with Crippen molar-refractivity contribution >= 4 is 0 Å². The summed E-state index contributed by atoms with van der Waals surface area (Å²) in [6.45, 7) is 0. The standard InChI is InChI=1S/4O.Sm.V/q;3*-1;+3;. The van der Waals surface area contributed by atoms with Crippen molar-refractivity contribution in [1.29, 1.82) is 0 Å². The molecule has 0 heterocycles. The summed E-state index contributed by atoms with van der Waals surface area (Å²) >= 11 is -5.88. The molecule has 0 aromatic rings. The Kier molecular flexibility index (Phi) is 6.31. The summed E-state index contributed by atoms with van der Waals surface area (Å²) in [6.07, 6.45) is 0. The molecule has 0 rings (SSSR count). The van der Waals surface area contributed by atoms with Crippen molar-refractivity contribution in [1.82, 2.24) is 0 Å². The molecule has 0 atom stereocenters. The minimum absolute atomic E-state index is 0. The summed E-state index contributed by atoms with van der Waals surface area (Å²) in [5, 5.41) is 0. The Labute approximate surface area is 70.2 Å². The molecule has 6 heavy (non-hydrogen) atoms. The van der Waals surface area contributed by atoms with E-state index in [1.807, 2.05) is 0 Å². The van der Waals surface area contributed by atoms with Crippen LogP contribution in [-0.2, 0) is 18.7 Å². The van der Waals surface area contributed by atoms with Crippen molar-refractivity contribution in [3.63, 3.8) is 0 Å². The first-order chi connectivity index (χ1) is 2.00. The molecular formula is O4SmV. The van der Waals surface area contributed by atoms with Gasteiger partial charge in [0.25, 0.3) is 0 Å². The molecule has 0 N–H and O–H groups in total. The molecule has 0 aliphatic rings. The molecule has 0 saturated carbocycles. The second-order valence-electron chi connectivity index (χ2n) is 0.447. The molecule has 0 bridgehead atoms. The molecule has 0 aromatic heterocycles. The molecule has 1 radical (unpaired) electrons. The van der Waals surface area contributed by atoms with Crippen LogP contribution in [0.4, 0.5) is 0 Å². The second kappa shape index (κ2) is 3.59. The fraction of sp³-hybridized carbons (Fsp3) is 0. The molecule has 0 aliphatic carbocycles. The first kappa shape index (κ1) is 10.6. The molecule has 0 fully saturated rings. The zero-order valence-corrected chi connectivity index (χ0v) is 6.50. The molecule has 0 aromatic carbocycles. The monoisotopic (exact) mass is 267 g/mol. The largest absolute Gasteiger partial charge is 3.00 e. The fourth-order valence-electron chi connectivity index (χ4n) is 0. The first-order valence-electron chi connectivity index (χ1n) is 0.730. The van der Waals surface area contributed by atoms with Gasteiger partial charge >= 0.3 is 71.2 Å². The summed E-state index contributed by atoms with van der Waals surface area (Å²) < 4.78 is 34.4. The van der Waals surface area contributed by atoms with Gasteiger partial charge in [0, 0.05) is 0 Å². The molecule has 0 unspecified atom stereocenters. The van der Waals surface area contributed by atoms with Crippen LogP contribution in [0.2, 0.25) is 0 Å². The Morgan fingerprint density at radius 2 is 1.17 bits per heavy atom. The van der Waals surface area contributed by atoms with E-state index in [9.17, 15) is 0 Å². The number of hydrogen-bond acceptors (Lipinski definition) is 4. The van der Waals surface area contributed by atoms with Crippen LogP contribution in [0.3, 0.4) is 0 Å². The fourth-order valence-corrected chi connectivity index (χ4v) is 0. The minimum Gasteiger partial charge on any atom is 3.00 e. The predicted octanol–water partition coefficient (Wildman–Crippen LogP) is -3.69. The van der Waals surface area contributed by atoms with E-state index in [2.05, 4.69) is 0 Å². The van der Waals surface area contributed by atoms with Crippen molar-refractivity contribution in [2.24, 2.45) is 0 Å². The third-order valence-corrected chi connectivity index (χ3v) is 0. The van der Waals surface area contributed by atoms with Gasteiger partial charge in [-0.25, -0.2) is 0 Å². The van der Waals surface area contributed by atoms with Gasteiger partial charge < -0.3 is 0 Å². The van der Waals surface area contributed by atoms with Gasteiger partial charge in [0.05, 0.1) is 0 Å². The van der Waals surface area contributed by atoms with Crippen molar-refractivity contribution in [2.75, 3.05) is 0 Å². The van der Waals surface area contributed by atoms with E-state index in [0.717, 1.165) is 0 Å². The molecule has 4 nitrogen and oxygen atoms in total. The normalized spacial score (nSPS) is 9.83. The van der Waals surface area contributed by atoms with E-state index in [0.29, 0.717) is 0 Å². The Morgan fingerprint density at radius 3 is 1.17 bits per heavy atom. The maximum atomic E-state index is 8.61. The third kappa shape index (κ3) is 46.2. The third-order valence-electron chi connectivity index (χ3n) is 0. The van der Waals surface area contributed by atoms with Crippen LogP contribution < -0.4 is 12.1 Å². The summed E-state index contributed by atoms with van der Waals surface area (Å²) in [5.41, 5.74) is 0. The van der Waals surface area contributed by atoms with Crippen molar-refractivity contribution in [3.8, 4) is 0 Å². The van der Waals surface area contributed by atoms with Crippen molar-refractivity contribution < 1.29 is 71.2 Å². The van der Waals surface area contributed by atoms with Crippen LogP contribution in [0, 0.1) is 40.4 Å². The maximum absolute atomic E-state index is 8.61. The molecular weight excluding hydrogens is 265 g/mol. The quantitative estimate of drug-likeness (QED) is 0.451. The van der Waals surface area contributed by atoms with Crippen LogP contribution >= 0.6 is 0 Å². The van der Waals surface area contributed by atoms with Gasteiger partial charge in [0.15, 0.2) is 0 Å². The van der Waals surface area contributed by atoms with Crippen LogP contribution in [-0.4, -0.2) is 0 Å². The Morgan fingerprint density at radius 1 is 1.17 bits per heavy atom. The van der Waals surface area contributed by atoms with E-state index in [1.54, 1.807) is 0 Å². The van der Waals surface area contributed by atoms with Gasteiger partial charge in [-0.05, 0) is 0 Å². The van der Waals surface area contributed by atoms with Gasteiger partial charge in [-0.3, -0.25) is 0 Å². The van der Waals surface area contributed by atoms with E-state index in [1.165, 1.54) is 0 Å². The average molecular weight is 265 g/mol. The molecule has 35 valence electrons. The van der Waals surface area contributed by atoms with Crippen LogP contribution in [0.5, 0.6) is 0 Å². The van der Waals surface area contributed by atoms with Gasteiger partial charge in [0.2, 0.25) is 0 Å². The van der Waals surface area contributed by atoms with Gasteiger partial charge in [-0.2, -0.15) is 0 Å². The maximum Gasteiger partial charge on any atom is 3.00 e. The van der Waals surface area contributed by atoms with Crippen molar-refractivity contribution in [2.45, 2.75) is 0 Å². The van der Waals surface area contributed by atoms with E-state index < -0.39 is 15.0 Å². The molecule has 0 saturated heterocycles. The minimum atomic E-state index is -5.88. The molecule has 0 amide bonds. The molecule has 6 heteroatoms.